The first-order chi connectivity index (χ1) is 13.5. The first kappa shape index (κ1) is 19.7. The van der Waals surface area contributed by atoms with E-state index < -0.39 is 17.3 Å². The molecule has 2 aromatic rings. The van der Waals surface area contributed by atoms with E-state index in [9.17, 15) is 9.59 Å². The van der Waals surface area contributed by atoms with Gasteiger partial charge in [0.15, 0.2) is 11.2 Å². The minimum atomic E-state index is -0.883. The van der Waals surface area contributed by atoms with Crippen LogP contribution in [0.2, 0.25) is 0 Å². The average Bonchev–Trinajstić information content (AvgIpc) is 3.11. The summed E-state index contributed by atoms with van der Waals surface area (Å²) in [7, 11) is 1.55. The summed E-state index contributed by atoms with van der Waals surface area (Å²) in [5.41, 5.74) is 7.41. The van der Waals surface area contributed by atoms with Crippen LogP contribution < -0.4 is 21.1 Å². The van der Waals surface area contributed by atoms with Crippen LogP contribution in [-0.2, 0) is 11.4 Å². The van der Waals surface area contributed by atoms with Gasteiger partial charge in [-0.05, 0) is 42.0 Å². The zero-order valence-corrected chi connectivity index (χ0v) is 15.9. The number of amides is 2. The maximum absolute atomic E-state index is 12.5. The number of aliphatic imine (C=N–C) groups is 1. The number of benzene rings is 2. The number of methoxy groups -OCH3 is 1. The maximum Gasteiger partial charge on any atom is 0.252 e. The predicted octanol–water partition coefficient (Wildman–Crippen LogP) is 1.31. The summed E-state index contributed by atoms with van der Waals surface area (Å²) in [6.07, 6.45) is 0. The summed E-state index contributed by atoms with van der Waals surface area (Å²) in [6.45, 7) is -0.0425. The Bertz CT molecular complexity index is 884. The van der Waals surface area contributed by atoms with E-state index in [-0.39, 0.29) is 12.5 Å². The van der Waals surface area contributed by atoms with Gasteiger partial charge in [0, 0.05) is 11.3 Å². The Morgan fingerprint density at radius 2 is 1.86 bits per heavy atom. The van der Waals surface area contributed by atoms with Crippen LogP contribution in [0.4, 0.5) is 5.69 Å². The largest absolute Gasteiger partial charge is 0.497 e. The standard InChI is InChI=1S/C19H20N4O4S/c1-27-14-8-4-12(5-9-14)17(26)23-18-15(16(20)25)22-19(28-18)21-13-6-2-11(10-24)3-7-13/h2-9,15,18,24H,10H2,1H3,(H2,20,25)(H,21,22)(H,23,26). The van der Waals surface area contributed by atoms with Gasteiger partial charge in [-0.1, -0.05) is 23.9 Å². The van der Waals surface area contributed by atoms with Crippen LogP contribution in [0.1, 0.15) is 15.9 Å². The number of amidine groups is 1. The van der Waals surface area contributed by atoms with E-state index in [1.54, 1.807) is 55.6 Å². The number of rotatable bonds is 6. The van der Waals surface area contributed by atoms with Crippen molar-refractivity contribution in [2.24, 2.45) is 10.7 Å². The molecule has 8 nitrogen and oxygen atoms in total. The smallest absolute Gasteiger partial charge is 0.252 e. The van der Waals surface area contributed by atoms with Crippen molar-refractivity contribution in [3.63, 3.8) is 0 Å². The Kier molecular flexibility index (Phi) is 6.17. The number of hydrogen-bond acceptors (Lipinski definition) is 7. The van der Waals surface area contributed by atoms with Crippen molar-refractivity contribution in [2.75, 3.05) is 12.4 Å². The number of ether oxygens (including phenoxy) is 1. The lowest BCUT2D eigenvalue weighted by Gasteiger charge is -2.16. The monoisotopic (exact) mass is 400 g/mol. The molecule has 5 N–H and O–H groups in total. The van der Waals surface area contributed by atoms with Crippen molar-refractivity contribution in [1.29, 1.82) is 0 Å². The molecule has 1 aliphatic rings. The van der Waals surface area contributed by atoms with Gasteiger partial charge in [-0.3, -0.25) is 9.59 Å². The lowest BCUT2D eigenvalue weighted by atomic mass is 10.2. The Morgan fingerprint density at radius 1 is 1.18 bits per heavy atom. The third kappa shape index (κ3) is 4.62. The molecule has 1 aliphatic heterocycles. The number of nitrogens with zero attached hydrogens (tertiary/aromatic N) is 1. The molecule has 2 amide bonds. The van der Waals surface area contributed by atoms with Crippen molar-refractivity contribution in [2.45, 2.75) is 18.0 Å². The van der Waals surface area contributed by atoms with E-state index >= 15 is 0 Å². The molecule has 3 rings (SSSR count). The van der Waals surface area contributed by atoms with Crippen LogP contribution in [-0.4, -0.2) is 40.6 Å². The van der Waals surface area contributed by atoms with Gasteiger partial charge in [0.2, 0.25) is 5.91 Å². The molecule has 0 aliphatic carbocycles. The van der Waals surface area contributed by atoms with Crippen LogP contribution in [0.3, 0.4) is 0 Å². The summed E-state index contributed by atoms with van der Waals surface area (Å²) >= 11 is 1.21. The van der Waals surface area contributed by atoms with E-state index in [1.165, 1.54) is 11.8 Å². The van der Waals surface area contributed by atoms with E-state index in [0.717, 1.165) is 11.3 Å². The minimum absolute atomic E-state index is 0.0425. The maximum atomic E-state index is 12.5. The van der Waals surface area contributed by atoms with Gasteiger partial charge in [0.05, 0.1) is 13.7 Å². The number of nitrogens with one attached hydrogen (secondary N) is 2. The lowest BCUT2D eigenvalue weighted by molar-refractivity contribution is -0.119. The third-order valence-electron chi connectivity index (χ3n) is 4.09. The number of primary amides is 1. The zero-order chi connectivity index (χ0) is 20.1. The quantitative estimate of drug-likeness (QED) is 0.579. The molecule has 0 bridgehead atoms. The molecule has 1 heterocycles. The second-order valence-corrected chi connectivity index (χ2v) is 7.13. The van der Waals surface area contributed by atoms with E-state index in [1.807, 2.05) is 0 Å². The van der Waals surface area contributed by atoms with Crippen molar-refractivity contribution >= 4 is 34.4 Å². The minimum Gasteiger partial charge on any atom is -0.497 e. The second-order valence-electron chi connectivity index (χ2n) is 6.00. The Hall–Kier alpha value is -3.04. The number of carbonyl (C=O) groups excluding carboxylic acids is 2. The number of nitrogens with two attached hydrogens (primary N) is 1. The fraction of sp³-hybridized carbons (Fsp3) is 0.211. The number of hydrogen-bond donors (Lipinski definition) is 4. The van der Waals surface area contributed by atoms with E-state index in [4.69, 9.17) is 15.6 Å². The fourth-order valence-corrected chi connectivity index (χ4v) is 3.65. The van der Waals surface area contributed by atoms with Gasteiger partial charge < -0.3 is 26.2 Å². The zero-order valence-electron chi connectivity index (χ0n) is 15.1. The van der Waals surface area contributed by atoms with Crippen molar-refractivity contribution in [3.8, 4) is 5.75 Å². The Labute approximate surface area is 166 Å². The van der Waals surface area contributed by atoms with Crippen LogP contribution in [0.15, 0.2) is 53.5 Å². The number of carbonyl (C=O) groups is 2. The predicted molar refractivity (Wildman–Crippen MR) is 108 cm³/mol. The topological polar surface area (TPSA) is 126 Å². The van der Waals surface area contributed by atoms with E-state index in [0.29, 0.717) is 16.5 Å². The molecule has 0 aromatic heterocycles. The molecular formula is C19H20N4O4S. The molecule has 28 heavy (non-hydrogen) atoms. The first-order valence-corrected chi connectivity index (χ1v) is 9.33. The second kappa shape index (κ2) is 8.77. The average molecular weight is 400 g/mol. The van der Waals surface area contributed by atoms with Gasteiger partial charge >= 0.3 is 0 Å². The van der Waals surface area contributed by atoms with Gasteiger partial charge in [-0.25, -0.2) is 4.99 Å². The van der Waals surface area contributed by atoms with Crippen LogP contribution in [0.25, 0.3) is 0 Å². The van der Waals surface area contributed by atoms with Crippen LogP contribution in [0.5, 0.6) is 5.75 Å². The van der Waals surface area contributed by atoms with Gasteiger partial charge in [-0.15, -0.1) is 0 Å². The highest BCUT2D eigenvalue weighted by Gasteiger charge is 2.35. The molecule has 0 fully saturated rings. The molecule has 0 saturated carbocycles. The molecule has 0 radical (unpaired) electrons. The molecule has 2 atom stereocenters. The summed E-state index contributed by atoms with van der Waals surface area (Å²) in [4.78, 5) is 28.6. The number of thioether (sulfide) groups is 1. The molecule has 0 saturated heterocycles. The SMILES string of the molecule is COc1ccc(C(=O)NC2SC(Nc3ccc(CO)cc3)=NC2C(N)=O)cc1. The Morgan fingerprint density at radius 3 is 2.43 bits per heavy atom. The fourth-order valence-electron chi connectivity index (χ4n) is 2.56. The lowest BCUT2D eigenvalue weighted by Crippen LogP contribution is -2.44. The summed E-state index contributed by atoms with van der Waals surface area (Å²) < 4.78 is 5.08. The van der Waals surface area contributed by atoms with Crippen molar-refractivity contribution < 1.29 is 19.4 Å². The summed E-state index contributed by atoms with van der Waals surface area (Å²) in [6, 6.07) is 12.9. The highest BCUT2D eigenvalue weighted by atomic mass is 32.2. The van der Waals surface area contributed by atoms with Gasteiger partial charge in [0.1, 0.15) is 11.1 Å². The van der Waals surface area contributed by atoms with Gasteiger partial charge in [-0.2, -0.15) is 0 Å². The molecule has 0 spiro atoms. The van der Waals surface area contributed by atoms with Crippen LogP contribution >= 0.6 is 11.8 Å². The van der Waals surface area contributed by atoms with Crippen molar-refractivity contribution in [1.82, 2.24) is 5.32 Å². The van der Waals surface area contributed by atoms with E-state index in [2.05, 4.69) is 15.6 Å². The highest BCUT2D eigenvalue weighted by molar-refractivity contribution is 8.15. The summed E-state index contributed by atoms with van der Waals surface area (Å²) in [5, 5.41) is 14.8. The normalized spacial score (nSPS) is 18.3. The number of aliphatic hydroxyl groups is 1. The van der Waals surface area contributed by atoms with Gasteiger partial charge in [0.25, 0.3) is 5.91 Å². The molecular weight excluding hydrogens is 380 g/mol. The van der Waals surface area contributed by atoms with Crippen molar-refractivity contribution in [3.05, 3.63) is 59.7 Å². The van der Waals surface area contributed by atoms with Crippen LogP contribution in [0, 0.1) is 0 Å². The highest BCUT2D eigenvalue weighted by Crippen LogP contribution is 2.27. The number of aliphatic hydroxyl groups excluding tert-OH is 1. The molecule has 146 valence electrons. The summed E-state index contributed by atoms with van der Waals surface area (Å²) in [5.74, 6) is -0.320. The Balaban J connectivity index is 1.67. The first-order valence-electron chi connectivity index (χ1n) is 8.45. The molecule has 9 heteroatoms. The third-order valence-corrected chi connectivity index (χ3v) is 5.15. The molecule has 2 unspecified atom stereocenters. The molecule has 2 aromatic carbocycles. The number of anilines is 1.